The minimum absolute atomic E-state index is 0. The zero-order valence-corrected chi connectivity index (χ0v) is 15.1. The maximum atomic E-state index is 12.4. The Morgan fingerprint density at radius 3 is 2.96 bits per heavy atom. The number of halogens is 2. The smallest absolute Gasteiger partial charge is 0.272 e. The molecule has 1 aromatic heterocycles. The number of fused-ring (bicyclic) bond motifs is 1. The summed E-state index contributed by atoms with van der Waals surface area (Å²) in [5.41, 5.74) is 9.25. The lowest BCUT2D eigenvalue weighted by atomic mass is 10.2. The highest BCUT2D eigenvalue weighted by atomic mass is 79.9. The van der Waals surface area contributed by atoms with Crippen LogP contribution >= 0.6 is 28.3 Å². The van der Waals surface area contributed by atoms with Crippen LogP contribution in [0.5, 0.6) is 0 Å². The number of nitrogens with two attached hydrogens (primary N) is 1. The maximum absolute atomic E-state index is 12.4. The first-order valence-electron chi connectivity index (χ1n) is 7.55. The second-order valence-corrected chi connectivity index (χ2v) is 6.33. The van der Waals surface area contributed by atoms with E-state index in [1.54, 1.807) is 0 Å². The number of aromatic nitrogens is 2. The van der Waals surface area contributed by atoms with E-state index in [4.69, 9.17) is 5.73 Å². The van der Waals surface area contributed by atoms with Gasteiger partial charge < -0.3 is 11.1 Å². The van der Waals surface area contributed by atoms with Gasteiger partial charge in [0.15, 0.2) is 5.69 Å². The summed E-state index contributed by atoms with van der Waals surface area (Å²) in [6, 6.07) is 7.98. The molecule has 1 aliphatic carbocycles. The molecule has 0 fully saturated rings. The van der Waals surface area contributed by atoms with Gasteiger partial charge in [-0.25, -0.2) is 4.68 Å². The van der Waals surface area contributed by atoms with Crippen molar-refractivity contribution in [2.24, 2.45) is 5.73 Å². The second kappa shape index (κ2) is 7.95. The topological polar surface area (TPSA) is 72.9 Å². The van der Waals surface area contributed by atoms with Crippen molar-refractivity contribution in [3.8, 4) is 5.69 Å². The number of hydrogen-bond donors (Lipinski definition) is 2. The number of benzene rings is 1. The summed E-state index contributed by atoms with van der Waals surface area (Å²) < 4.78 is 2.91. The van der Waals surface area contributed by atoms with Crippen molar-refractivity contribution < 1.29 is 4.79 Å². The fourth-order valence-electron chi connectivity index (χ4n) is 2.83. The Kier molecular flexibility index (Phi) is 6.21. The highest BCUT2D eigenvalue weighted by Crippen LogP contribution is 2.28. The van der Waals surface area contributed by atoms with Crippen LogP contribution in [0.4, 0.5) is 0 Å². The molecular formula is C16H20BrClN4O. The van der Waals surface area contributed by atoms with Gasteiger partial charge in [0, 0.05) is 22.3 Å². The van der Waals surface area contributed by atoms with Gasteiger partial charge in [0.05, 0.1) is 5.69 Å². The van der Waals surface area contributed by atoms with Gasteiger partial charge in [-0.1, -0.05) is 22.0 Å². The van der Waals surface area contributed by atoms with Crippen LogP contribution in [0.25, 0.3) is 5.69 Å². The summed E-state index contributed by atoms with van der Waals surface area (Å²) in [6.07, 6.45) is 3.73. The largest absolute Gasteiger partial charge is 0.351 e. The Morgan fingerprint density at radius 2 is 2.22 bits per heavy atom. The number of carbonyl (C=O) groups is 1. The number of nitrogens with one attached hydrogen (secondary N) is 1. The van der Waals surface area contributed by atoms with Crippen LogP contribution in [-0.2, 0) is 12.8 Å². The monoisotopic (exact) mass is 398 g/mol. The standard InChI is InChI=1S/C16H19BrN4O.ClH/c17-11-4-1-5-12(10-11)21-14-7-2-6-13(14)15(20-21)16(22)19-9-3-8-18;/h1,4-5,10H,2-3,6-9,18H2,(H,19,22);1H. The minimum atomic E-state index is -0.0969. The molecule has 5 nitrogen and oxygen atoms in total. The first kappa shape index (κ1) is 18.0. The van der Waals surface area contributed by atoms with Gasteiger partial charge in [-0.3, -0.25) is 4.79 Å². The Morgan fingerprint density at radius 1 is 1.39 bits per heavy atom. The molecule has 2 aromatic rings. The maximum Gasteiger partial charge on any atom is 0.272 e. The van der Waals surface area contributed by atoms with Crippen LogP contribution in [0.3, 0.4) is 0 Å². The average molecular weight is 400 g/mol. The zero-order valence-electron chi connectivity index (χ0n) is 12.7. The zero-order chi connectivity index (χ0) is 15.5. The fourth-order valence-corrected chi connectivity index (χ4v) is 3.22. The number of carbonyl (C=O) groups excluding carboxylic acids is 1. The number of amides is 1. The summed E-state index contributed by atoms with van der Waals surface area (Å²) in [7, 11) is 0. The van der Waals surface area contributed by atoms with Crippen LogP contribution in [-0.4, -0.2) is 28.8 Å². The fraction of sp³-hybridized carbons (Fsp3) is 0.375. The third-order valence-electron chi connectivity index (χ3n) is 3.86. The molecule has 1 aliphatic rings. The van der Waals surface area contributed by atoms with Crippen molar-refractivity contribution in [2.75, 3.05) is 13.1 Å². The third kappa shape index (κ3) is 3.76. The molecule has 0 radical (unpaired) electrons. The molecule has 23 heavy (non-hydrogen) atoms. The van der Waals surface area contributed by atoms with Crippen LogP contribution in [0, 0.1) is 0 Å². The molecule has 0 saturated carbocycles. The quantitative estimate of drug-likeness (QED) is 0.759. The third-order valence-corrected chi connectivity index (χ3v) is 4.36. The molecular weight excluding hydrogens is 380 g/mol. The first-order valence-corrected chi connectivity index (χ1v) is 8.35. The lowest BCUT2D eigenvalue weighted by Crippen LogP contribution is -2.27. The van der Waals surface area contributed by atoms with Gasteiger partial charge >= 0.3 is 0 Å². The summed E-state index contributed by atoms with van der Waals surface area (Å²) in [5.74, 6) is -0.0969. The molecule has 7 heteroatoms. The molecule has 124 valence electrons. The van der Waals surface area contributed by atoms with E-state index in [2.05, 4.69) is 26.3 Å². The van der Waals surface area contributed by atoms with E-state index in [0.29, 0.717) is 18.8 Å². The number of rotatable bonds is 5. The van der Waals surface area contributed by atoms with Crippen LogP contribution < -0.4 is 11.1 Å². The molecule has 3 rings (SSSR count). The number of hydrogen-bond acceptors (Lipinski definition) is 3. The molecule has 0 unspecified atom stereocenters. The van der Waals surface area contributed by atoms with Crippen molar-refractivity contribution in [1.29, 1.82) is 0 Å². The normalized spacial score (nSPS) is 12.6. The van der Waals surface area contributed by atoms with E-state index < -0.39 is 0 Å². The van der Waals surface area contributed by atoms with Crippen molar-refractivity contribution in [3.05, 3.63) is 45.7 Å². The van der Waals surface area contributed by atoms with Gasteiger partial charge in [-0.15, -0.1) is 12.4 Å². The molecule has 0 aliphatic heterocycles. The van der Waals surface area contributed by atoms with Gasteiger partial charge in [0.25, 0.3) is 5.91 Å². The SMILES string of the molecule is Cl.NCCCNC(=O)c1nn(-c2cccc(Br)c2)c2c1CCC2. The van der Waals surface area contributed by atoms with Gasteiger partial charge in [-0.05, 0) is 50.4 Å². The highest BCUT2D eigenvalue weighted by Gasteiger charge is 2.26. The minimum Gasteiger partial charge on any atom is -0.351 e. The summed E-state index contributed by atoms with van der Waals surface area (Å²) in [5, 5.41) is 7.48. The van der Waals surface area contributed by atoms with E-state index >= 15 is 0 Å². The average Bonchev–Trinajstić information content (AvgIpc) is 3.09. The highest BCUT2D eigenvalue weighted by molar-refractivity contribution is 9.10. The van der Waals surface area contributed by atoms with Crippen molar-refractivity contribution >= 4 is 34.2 Å². The second-order valence-electron chi connectivity index (χ2n) is 5.42. The molecule has 0 spiro atoms. The summed E-state index contributed by atoms with van der Waals surface area (Å²) >= 11 is 3.49. The lowest BCUT2D eigenvalue weighted by molar-refractivity contribution is 0.0947. The predicted molar refractivity (Wildman–Crippen MR) is 96.5 cm³/mol. The molecule has 1 amide bonds. The molecule has 0 saturated heterocycles. The summed E-state index contributed by atoms with van der Waals surface area (Å²) in [4.78, 5) is 12.4. The Balaban J connectivity index is 0.00000192. The van der Waals surface area contributed by atoms with Crippen molar-refractivity contribution in [1.82, 2.24) is 15.1 Å². The summed E-state index contributed by atoms with van der Waals surface area (Å²) in [6.45, 7) is 1.17. The molecule has 3 N–H and O–H groups in total. The van der Waals surface area contributed by atoms with E-state index in [-0.39, 0.29) is 18.3 Å². The first-order chi connectivity index (χ1) is 10.7. The lowest BCUT2D eigenvalue weighted by Gasteiger charge is -2.06. The Labute approximate surface area is 150 Å². The van der Waals surface area contributed by atoms with E-state index in [0.717, 1.165) is 47.1 Å². The van der Waals surface area contributed by atoms with Crippen LogP contribution in [0.15, 0.2) is 28.7 Å². The Bertz CT molecular complexity index is 701. The van der Waals surface area contributed by atoms with Gasteiger partial charge in [-0.2, -0.15) is 5.10 Å². The van der Waals surface area contributed by atoms with Crippen LogP contribution in [0.1, 0.15) is 34.6 Å². The molecule has 0 atom stereocenters. The van der Waals surface area contributed by atoms with E-state index in [9.17, 15) is 4.79 Å². The van der Waals surface area contributed by atoms with Crippen molar-refractivity contribution in [3.63, 3.8) is 0 Å². The molecule has 1 heterocycles. The van der Waals surface area contributed by atoms with Gasteiger partial charge in [0.1, 0.15) is 0 Å². The Hall–Kier alpha value is -1.37. The molecule has 0 bridgehead atoms. The van der Waals surface area contributed by atoms with E-state index in [1.165, 1.54) is 0 Å². The van der Waals surface area contributed by atoms with Gasteiger partial charge in [0.2, 0.25) is 0 Å². The predicted octanol–water partition coefficient (Wildman–Crippen LogP) is 2.62. The van der Waals surface area contributed by atoms with Crippen molar-refractivity contribution in [2.45, 2.75) is 25.7 Å². The number of nitrogens with zero attached hydrogens (tertiary/aromatic N) is 2. The van der Waals surface area contributed by atoms with Crippen LogP contribution in [0.2, 0.25) is 0 Å². The van der Waals surface area contributed by atoms with E-state index in [1.807, 2.05) is 28.9 Å². The molecule has 1 aromatic carbocycles.